The van der Waals surface area contributed by atoms with Gasteiger partial charge in [-0.05, 0) is 37.6 Å². The molecule has 2 aliphatic heterocycles. The molecule has 1 amide bonds. The molecule has 2 unspecified atom stereocenters. The van der Waals surface area contributed by atoms with E-state index < -0.39 is 0 Å². The first-order valence-electron chi connectivity index (χ1n) is 8.09. The SMILES string of the molecule is C#CCN1CCCCC1C(=O)NC1CCOc2ccc(Br)cc21. The zero-order valence-electron chi connectivity index (χ0n) is 13.1. The highest BCUT2D eigenvalue weighted by Gasteiger charge is 2.31. The summed E-state index contributed by atoms with van der Waals surface area (Å²) >= 11 is 3.49. The molecule has 0 saturated carbocycles. The molecule has 23 heavy (non-hydrogen) atoms. The second-order valence-corrected chi connectivity index (χ2v) is 6.98. The van der Waals surface area contributed by atoms with Crippen molar-refractivity contribution in [3.05, 3.63) is 28.2 Å². The van der Waals surface area contributed by atoms with E-state index in [9.17, 15) is 4.79 Å². The zero-order chi connectivity index (χ0) is 16.2. The second kappa shape index (κ2) is 7.37. The van der Waals surface area contributed by atoms with Crippen LogP contribution in [0.2, 0.25) is 0 Å². The van der Waals surface area contributed by atoms with E-state index in [0.29, 0.717) is 13.2 Å². The van der Waals surface area contributed by atoms with Crippen LogP contribution in [-0.4, -0.2) is 36.5 Å². The van der Waals surface area contributed by atoms with Gasteiger partial charge in [0, 0.05) is 16.5 Å². The number of nitrogens with one attached hydrogen (secondary N) is 1. The number of amides is 1. The van der Waals surface area contributed by atoms with Gasteiger partial charge < -0.3 is 10.1 Å². The fraction of sp³-hybridized carbons (Fsp3) is 0.500. The first-order chi connectivity index (χ1) is 11.2. The molecule has 5 heteroatoms. The fourth-order valence-corrected chi connectivity index (χ4v) is 3.76. The number of rotatable bonds is 3. The van der Waals surface area contributed by atoms with Crippen LogP contribution < -0.4 is 10.1 Å². The van der Waals surface area contributed by atoms with Crippen molar-refractivity contribution in [1.82, 2.24) is 10.2 Å². The van der Waals surface area contributed by atoms with Gasteiger partial charge in [0.05, 0.1) is 25.2 Å². The number of likely N-dealkylation sites (tertiary alicyclic amines) is 1. The lowest BCUT2D eigenvalue weighted by Gasteiger charge is -2.35. The molecule has 1 fully saturated rings. The van der Waals surface area contributed by atoms with Gasteiger partial charge >= 0.3 is 0 Å². The van der Waals surface area contributed by atoms with Crippen LogP contribution in [0.4, 0.5) is 0 Å². The summed E-state index contributed by atoms with van der Waals surface area (Å²) in [5.74, 6) is 3.61. The molecule has 1 N–H and O–H groups in total. The first kappa shape index (κ1) is 16.4. The number of terminal acetylenes is 1. The Morgan fingerprint density at radius 1 is 1.43 bits per heavy atom. The molecule has 1 aromatic rings. The average Bonchev–Trinajstić information content (AvgIpc) is 2.56. The highest BCUT2D eigenvalue weighted by Crippen LogP contribution is 2.34. The lowest BCUT2D eigenvalue weighted by atomic mass is 9.98. The van der Waals surface area contributed by atoms with Gasteiger partial charge in [-0.15, -0.1) is 6.42 Å². The Morgan fingerprint density at radius 3 is 3.13 bits per heavy atom. The summed E-state index contributed by atoms with van der Waals surface area (Å²) in [7, 11) is 0. The number of nitrogens with zero attached hydrogens (tertiary/aromatic N) is 1. The summed E-state index contributed by atoms with van der Waals surface area (Å²) in [5, 5.41) is 3.21. The Morgan fingerprint density at radius 2 is 2.30 bits per heavy atom. The normalized spacial score (nSPS) is 24.2. The Kier molecular flexibility index (Phi) is 5.24. The molecule has 3 rings (SSSR count). The van der Waals surface area contributed by atoms with Crippen molar-refractivity contribution < 1.29 is 9.53 Å². The van der Waals surface area contributed by atoms with Crippen LogP contribution in [0.3, 0.4) is 0 Å². The van der Waals surface area contributed by atoms with E-state index in [1.807, 2.05) is 18.2 Å². The van der Waals surface area contributed by atoms with Crippen molar-refractivity contribution in [2.45, 2.75) is 37.8 Å². The smallest absolute Gasteiger partial charge is 0.237 e. The summed E-state index contributed by atoms with van der Waals surface area (Å²) in [6.07, 6.45) is 9.29. The number of hydrogen-bond donors (Lipinski definition) is 1. The van der Waals surface area contributed by atoms with Gasteiger partial charge in [0.25, 0.3) is 0 Å². The van der Waals surface area contributed by atoms with E-state index >= 15 is 0 Å². The van der Waals surface area contributed by atoms with E-state index in [-0.39, 0.29) is 18.0 Å². The summed E-state index contributed by atoms with van der Waals surface area (Å²) in [5.41, 5.74) is 1.04. The highest BCUT2D eigenvalue weighted by atomic mass is 79.9. The summed E-state index contributed by atoms with van der Waals surface area (Å²) in [6, 6.07) is 5.82. The van der Waals surface area contributed by atoms with Gasteiger partial charge in [-0.1, -0.05) is 28.3 Å². The second-order valence-electron chi connectivity index (χ2n) is 6.07. The van der Waals surface area contributed by atoms with Gasteiger partial charge in [0.1, 0.15) is 5.75 Å². The molecule has 0 aromatic heterocycles. The largest absolute Gasteiger partial charge is 0.493 e. The van der Waals surface area contributed by atoms with Crippen LogP contribution in [0.5, 0.6) is 5.75 Å². The average molecular weight is 377 g/mol. The number of carbonyl (C=O) groups is 1. The minimum atomic E-state index is -0.113. The van der Waals surface area contributed by atoms with Crippen molar-refractivity contribution in [1.29, 1.82) is 0 Å². The molecule has 4 nitrogen and oxygen atoms in total. The van der Waals surface area contributed by atoms with Crippen molar-refractivity contribution in [3.8, 4) is 18.1 Å². The third-order valence-electron chi connectivity index (χ3n) is 4.54. The molecule has 2 atom stereocenters. The number of fused-ring (bicyclic) bond motifs is 1. The van der Waals surface area contributed by atoms with Crippen LogP contribution >= 0.6 is 15.9 Å². The van der Waals surface area contributed by atoms with Gasteiger partial charge in [-0.3, -0.25) is 9.69 Å². The predicted octanol–water partition coefficient (Wildman–Crippen LogP) is 2.88. The molecule has 0 aliphatic carbocycles. The van der Waals surface area contributed by atoms with Crippen LogP contribution in [0.15, 0.2) is 22.7 Å². The number of ether oxygens (including phenoxy) is 1. The lowest BCUT2D eigenvalue weighted by Crippen LogP contribution is -2.50. The molecule has 0 radical (unpaired) electrons. The summed E-state index contributed by atoms with van der Waals surface area (Å²) in [6.45, 7) is 2.06. The van der Waals surface area contributed by atoms with E-state index in [1.54, 1.807) is 0 Å². The fourth-order valence-electron chi connectivity index (χ4n) is 3.38. The van der Waals surface area contributed by atoms with Crippen molar-refractivity contribution in [2.75, 3.05) is 19.7 Å². The van der Waals surface area contributed by atoms with E-state index in [2.05, 4.69) is 32.1 Å². The zero-order valence-corrected chi connectivity index (χ0v) is 14.6. The predicted molar refractivity (Wildman–Crippen MR) is 93.2 cm³/mol. The van der Waals surface area contributed by atoms with Crippen LogP contribution in [0.1, 0.15) is 37.3 Å². The maximum absolute atomic E-state index is 12.8. The van der Waals surface area contributed by atoms with Crippen molar-refractivity contribution in [3.63, 3.8) is 0 Å². The van der Waals surface area contributed by atoms with Gasteiger partial charge in [-0.2, -0.15) is 0 Å². The quantitative estimate of drug-likeness (QED) is 0.824. The lowest BCUT2D eigenvalue weighted by molar-refractivity contribution is -0.128. The van der Waals surface area contributed by atoms with Crippen LogP contribution in [-0.2, 0) is 4.79 Å². The molecule has 1 aromatic carbocycles. The van der Waals surface area contributed by atoms with Crippen molar-refractivity contribution in [2.24, 2.45) is 0 Å². The minimum Gasteiger partial charge on any atom is -0.493 e. The summed E-state index contributed by atoms with van der Waals surface area (Å²) < 4.78 is 6.68. The number of halogens is 1. The van der Waals surface area contributed by atoms with Crippen LogP contribution in [0.25, 0.3) is 0 Å². The van der Waals surface area contributed by atoms with E-state index in [0.717, 1.165) is 48.0 Å². The molecule has 1 saturated heterocycles. The Bertz CT molecular complexity index is 626. The van der Waals surface area contributed by atoms with E-state index in [4.69, 9.17) is 11.2 Å². The topological polar surface area (TPSA) is 41.6 Å². The standard InChI is InChI=1S/C18H21BrN2O2/c1-2-9-21-10-4-3-5-16(21)18(22)20-15-8-11-23-17-7-6-13(19)12-14(15)17/h1,6-7,12,15-16H,3-5,8-11H2,(H,20,22). The Labute approximate surface area is 145 Å². The number of piperidine rings is 1. The van der Waals surface area contributed by atoms with E-state index in [1.165, 1.54) is 0 Å². The van der Waals surface area contributed by atoms with Gasteiger partial charge in [-0.25, -0.2) is 0 Å². The molecule has 2 aliphatic rings. The third kappa shape index (κ3) is 3.70. The van der Waals surface area contributed by atoms with Gasteiger partial charge in [0.2, 0.25) is 5.91 Å². The first-order valence-corrected chi connectivity index (χ1v) is 8.88. The maximum atomic E-state index is 12.8. The minimum absolute atomic E-state index is 0.00152. The maximum Gasteiger partial charge on any atom is 0.237 e. The third-order valence-corrected chi connectivity index (χ3v) is 5.03. The van der Waals surface area contributed by atoms with Gasteiger partial charge in [0.15, 0.2) is 0 Å². The Balaban J connectivity index is 1.73. The van der Waals surface area contributed by atoms with Crippen LogP contribution in [0, 0.1) is 12.3 Å². The molecule has 2 heterocycles. The molecule has 0 spiro atoms. The summed E-state index contributed by atoms with van der Waals surface area (Å²) in [4.78, 5) is 14.9. The Hall–Kier alpha value is -1.51. The molecule has 0 bridgehead atoms. The number of carbonyl (C=O) groups excluding carboxylic acids is 1. The molecular formula is C18H21BrN2O2. The molecule has 122 valence electrons. The van der Waals surface area contributed by atoms with Crippen molar-refractivity contribution >= 4 is 21.8 Å². The number of benzene rings is 1. The highest BCUT2D eigenvalue weighted by molar-refractivity contribution is 9.10. The number of hydrogen-bond acceptors (Lipinski definition) is 3. The monoisotopic (exact) mass is 376 g/mol. The molecular weight excluding hydrogens is 356 g/mol.